The third-order valence-electron chi connectivity index (χ3n) is 3.71. The van der Waals surface area contributed by atoms with E-state index in [1.165, 1.54) is 12.8 Å². The molecular weight excluding hydrogens is 243 g/mol. The highest BCUT2D eigenvalue weighted by Crippen LogP contribution is 2.12. The first kappa shape index (κ1) is 16.5. The molecule has 0 saturated carbocycles. The van der Waals surface area contributed by atoms with Crippen molar-refractivity contribution in [2.45, 2.75) is 37.9 Å². The molecule has 2 radical (unpaired) electrons. The summed E-state index contributed by atoms with van der Waals surface area (Å²) in [6.07, 6.45) is 4.99. The van der Waals surface area contributed by atoms with Gasteiger partial charge in [-0.2, -0.15) is 0 Å². The lowest BCUT2D eigenvalue weighted by Gasteiger charge is -2.30. The molecule has 0 spiro atoms. The van der Waals surface area contributed by atoms with E-state index in [1.807, 2.05) is 0 Å². The van der Waals surface area contributed by atoms with Crippen LogP contribution in [0.2, 0.25) is 0 Å². The summed E-state index contributed by atoms with van der Waals surface area (Å²) in [5, 5.41) is 3.27. The first-order chi connectivity index (χ1) is 9.17. The fourth-order valence-corrected chi connectivity index (χ4v) is 2.34. The van der Waals surface area contributed by atoms with Crippen LogP contribution in [0.3, 0.4) is 0 Å². The average molecular weight is 268 g/mol. The number of ether oxygens (including phenoxy) is 2. The molecule has 19 heavy (non-hydrogen) atoms. The Morgan fingerprint density at radius 2 is 1.53 bits per heavy atom. The lowest BCUT2D eigenvalue weighted by molar-refractivity contribution is 0.0534. The van der Waals surface area contributed by atoms with Crippen molar-refractivity contribution < 1.29 is 14.3 Å². The predicted molar refractivity (Wildman–Crippen MR) is 75.7 cm³/mol. The van der Waals surface area contributed by atoms with Crippen molar-refractivity contribution >= 4 is 13.7 Å². The second-order valence-electron chi connectivity index (χ2n) is 4.95. The van der Waals surface area contributed by atoms with Crippen LogP contribution < -0.4 is 5.32 Å². The first-order valence-corrected chi connectivity index (χ1v) is 6.98. The molecule has 2 saturated heterocycles. The molecule has 2 aliphatic rings. The predicted octanol–water partition coefficient (Wildman–Crippen LogP) is 0.770. The molecule has 0 atom stereocenters. The standard InChI is InChI=1S/C7H12BNO2.C6H13NO/c1-11-6-2-4-9(5-3-6)7(8)10;1-8-6-2-4-7-5-3-6/h6H,2-5H2,1H3;6-7H,2-5H2,1H3. The number of hydrogen-bond acceptors (Lipinski definition) is 4. The van der Waals surface area contributed by atoms with Gasteiger partial charge in [-0.1, -0.05) is 0 Å². The zero-order valence-corrected chi connectivity index (χ0v) is 12.1. The van der Waals surface area contributed by atoms with E-state index in [4.69, 9.17) is 17.3 Å². The van der Waals surface area contributed by atoms with Crippen LogP contribution in [-0.4, -0.2) is 71.2 Å². The first-order valence-electron chi connectivity index (χ1n) is 6.98. The van der Waals surface area contributed by atoms with Crippen molar-refractivity contribution in [3.63, 3.8) is 0 Å². The SMILES string of the molecule is COC1CCNCC1.[B]C(=O)N1CCC(OC)CC1. The number of rotatable bonds is 2. The van der Waals surface area contributed by atoms with Crippen LogP contribution >= 0.6 is 0 Å². The maximum Gasteiger partial charge on any atom is 0.200 e. The Hall–Kier alpha value is -0.585. The van der Waals surface area contributed by atoms with Crippen LogP contribution in [0.1, 0.15) is 25.7 Å². The van der Waals surface area contributed by atoms with Gasteiger partial charge in [0.2, 0.25) is 7.85 Å². The highest BCUT2D eigenvalue weighted by molar-refractivity contribution is 6.56. The Morgan fingerprint density at radius 1 is 1.05 bits per heavy atom. The average Bonchev–Trinajstić information content (AvgIpc) is 2.48. The van der Waals surface area contributed by atoms with Crippen molar-refractivity contribution in [2.24, 2.45) is 0 Å². The van der Waals surface area contributed by atoms with Gasteiger partial charge in [0.25, 0.3) is 0 Å². The summed E-state index contributed by atoms with van der Waals surface area (Å²) in [5.74, 6) is -0.320. The number of carbonyl (C=O) groups excluding carboxylic acids is 1. The minimum Gasteiger partial charge on any atom is -0.381 e. The molecule has 0 aromatic carbocycles. The maximum atomic E-state index is 10.7. The molecule has 0 aromatic rings. The molecular formula is C13H25BN2O3. The van der Waals surface area contributed by atoms with Gasteiger partial charge in [-0.25, -0.2) is 0 Å². The number of carbonyl (C=O) groups is 1. The second-order valence-corrected chi connectivity index (χ2v) is 4.95. The van der Waals surface area contributed by atoms with Crippen molar-refractivity contribution in [3.8, 4) is 0 Å². The molecule has 0 bridgehead atoms. The highest BCUT2D eigenvalue weighted by atomic mass is 16.5. The molecule has 2 aliphatic heterocycles. The van der Waals surface area contributed by atoms with Gasteiger partial charge < -0.3 is 19.7 Å². The van der Waals surface area contributed by atoms with Crippen molar-refractivity contribution in [3.05, 3.63) is 0 Å². The monoisotopic (exact) mass is 268 g/mol. The summed E-state index contributed by atoms with van der Waals surface area (Å²) < 4.78 is 10.3. The molecule has 108 valence electrons. The van der Waals surface area contributed by atoms with Crippen LogP contribution in [0.15, 0.2) is 0 Å². The quantitative estimate of drug-likeness (QED) is 0.752. The second kappa shape index (κ2) is 9.34. The molecule has 2 rings (SSSR count). The number of piperidine rings is 2. The van der Waals surface area contributed by atoms with Crippen molar-refractivity contribution in [2.75, 3.05) is 40.4 Å². The van der Waals surface area contributed by atoms with Gasteiger partial charge in [-0.15, -0.1) is 0 Å². The van der Waals surface area contributed by atoms with Gasteiger partial charge in [-0.3, -0.25) is 4.79 Å². The largest absolute Gasteiger partial charge is 0.381 e. The van der Waals surface area contributed by atoms with E-state index in [2.05, 4.69) is 5.32 Å². The lowest BCUT2D eigenvalue weighted by atomic mass is 10.0. The zero-order valence-electron chi connectivity index (χ0n) is 12.1. The summed E-state index contributed by atoms with van der Waals surface area (Å²) in [4.78, 5) is 12.3. The maximum absolute atomic E-state index is 10.7. The summed E-state index contributed by atoms with van der Waals surface area (Å²) in [5.41, 5.74) is 0. The molecule has 1 N–H and O–H groups in total. The van der Waals surface area contributed by atoms with Gasteiger partial charge >= 0.3 is 0 Å². The van der Waals surface area contributed by atoms with E-state index in [9.17, 15) is 4.79 Å². The number of hydrogen-bond donors (Lipinski definition) is 1. The number of methoxy groups -OCH3 is 2. The summed E-state index contributed by atoms with van der Waals surface area (Å²) in [6, 6.07) is 0. The van der Waals surface area contributed by atoms with Crippen LogP contribution in [0.4, 0.5) is 4.79 Å². The molecule has 6 heteroatoms. The number of likely N-dealkylation sites (tertiary alicyclic amines) is 1. The highest BCUT2D eigenvalue weighted by Gasteiger charge is 2.19. The Balaban J connectivity index is 0.000000200. The Bertz CT molecular complexity index is 252. The lowest BCUT2D eigenvalue weighted by Crippen LogP contribution is -2.39. The minimum atomic E-state index is -0.320. The van der Waals surface area contributed by atoms with Gasteiger partial charge in [0, 0.05) is 27.3 Å². The topological polar surface area (TPSA) is 50.8 Å². The zero-order chi connectivity index (χ0) is 14.1. The Morgan fingerprint density at radius 3 is 1.89 bits per heavy atom. The molecule has 0 aromatic heterocycles. The molecule has 0 unspecified atom stereocenters. The molecule has 2 heterocycles. The molecule has 5 nitrogen and oxygen atoms in total. The normalized spacial score (nSPS) is 21.7. The number of nitrogens with one attached hydrogen (secondary N) is 1. The fraction of sp³-hybridized carbons (Fsp3) is 0.923. The fourth-order valence-electron chi connectivity index (χ4n) is 2.34. The van der Waals surface area contributed by atoms with E-state index in [0.29, 0.717) is 12.2 Å². The summed E-state index contributed by atoms with van der Waals surface area (Å²) in [7, 11) is 8.59. The molecule has 0 aliphatic carbocycles. The van der Waals surface area contributed by atoms with Gasteiger partial charge in [-0.05, 0) is 38.8 Å². The summed E-state index contributed by atoms with van der Waals surface area (Å²) >= 11 is 0. The van der Waals surface area contributed by atoms with Crippen LogP contribution in [0, 0.1) is 0 Å². The Labute approximate surface area is 117 Å². The summed E-state index contributed by atoms with van der Waals surface area (Å²) in [6.45, 7) is 3.71. The van der Waals surface area contributed by atoms with Crippen molar-refractivity contribution in [1.82, 2.24) is 10.2 Å². The van der Waals surface area contributed by atoms with Crippen LogP contribution in [0.25, 0.3) is 0 Å². The van der Waals surface area contributed by atoms with E-state index >= 15 is 0 Å². The number of amides is 1. The molecule has 2 fully saturated rings. The Kier molecular flexibility index (Phi) is 8.10. The third-order valence-corrected chi connectivity index (χ3v) is 3.71. The van der Waals surface area contributed by atoms with E-state index in [1.54, 1.807) is 19.1 Å². The third kappa shape index (κ3) is 6.41. The van der Waals surface area contributed by atoms with Crippen LogP contribution in [-0.2, 0) is 9.47 Å². The van der Waals surface area contributed by atoms with Crippen molar-refractivity contribution in [1.29, 1.82) is 0 Å². The van der Waals surface area contributed by atoms with E-state index in [-0.39, 0.29) is 5.81 Å². The van der Waals surface area contributed by atoms with Gasteiger partial charge in [0.05, 0.1) is 12.2 Å². The van der Waals surface area contributed by atoms with Crippen LogP contribution in [0.5, 0.6) is 0 Å². The molecule has 1 amide bonds. The smallest absolute Gasteiger partial charge is 0.200 e. The van der Waals surface area contributed by atoms with E-state index < -0.39 is 0 Å². The number of nitrogens with zero attached hydrogens (tertiary/aromatic N) is 1. The van der Waals surface area contributed by atoms with Gasteiger partial charge in [0.1, 0.15) is 0 Å². The van der Waals surface area contributed by atoms with Gasteiger partial charge in [0.15, 0.2) is 5.81 Å². The van der Waals surface area contributed by atoms with E-state index in [0.717, 1.165) is 39.0 Å². The minimum absolute atomic E-state index is 0.311.